The second-order valence-electron chi connectivity index (χ2n) is 6.40. The van der Waals surface area contributed by atoms with Crippen molar-refractivity contribution in [1.82, 2.24) is 4.90 Å². The van der Waals surface area contributed by atoms with Crippen molar-refractivity contribution in [2.45, 2.75) is 40.2 Å². The van der Waals surface area contributed by atoms with Gasteiger partial charge in [-0.3, -0.25) is 9.59 Å². The number of Topliss-reactive ketones (excluding diaryl/α,β-unsaturated/α-hetero) is 1. The van der Waals surface area contributed by atoms with Crippen molar-refractivity contribution in [3.8, 4) is 0 Å². The first-order valence-corrected chi connectivity index (χ1v) is 7.86. The van der Waals surface area contributed by atoms with Gasteiger partial charge in [0.2, 0.25) is 5.91 Å². The molecule has 0 aliphatic heterocycles. The molecule has 0 unspecified atom stereocenters. The quantitative estimate of drug-likeness (QED) is 0.718. The monoisotopic (exact) mass is 301 g/mol. The first kappa shape index (κ1) is 18.1. The smallest absolute Gasteiger partial charge is 0.246 e. The summed E-state index contributed by atoms with van der Waals surface area (Å²) in [5, 5.41) is 0. The van der Waals surface area contributed by atoms with Crippen LogP contribution >= 0.6 is 0 Å². The average molecular weight is 301 g/mol. The zero-order chi connectivity index (χ0) is 16.7. The van der Waals surface area contributed by atoms with Gasteiger partial charge in [-0.15, -0.1) is 0 Å². The molecule has 1 atom stereocenters. The molecule has 120 valence electrons. The van der Waals surface area contributed by atoms with Crippen LogP contribution in [0.4, 0.5) is 0 Å². The summed E-state index contributed by atoms with van der Waals surface area (Å²) in [6, 6.07) is 9.32. The van der Waals surface area contributed by atoms with Gasteiger partial charge in [0.1, 0.15) is 0 Å². The lowest BCUT2D eigenvalue weighted by Crippen LogP contribution is -2.44. The van der Waals surface area contributed by atoms with Crippen molar-refractivity contribution in [2.24, 2.45) is 11.8 Å². The average Bonchev–Trinajstić information content (AvgIpc) is 2.49. The molecule has 0 N–H and O–H groups in total. The predicted octanol–water partition coefficient (Wildman–Crippen LogP) is 3.80. The Kier molecular flexibility index (Phi) is 7.03. The van der Waals surface area contributed by atoms with Gasteiger partial charge in [0.05, 0.1) is 6.04 Å². The summed E-state index contributed by atoms with van der Waals surface area (Å²) in [6.45, 7) is 7.90. The second-order valence-corrected chi connectivity index (χ2v) is 6.40. The van der Waals surface area contributed by atoms with Crippen LogP contribution in [-0.2, 0) is 9.59 Å². The third-order valence-corrected chi connectivity index (χ3v) is 3.63. The molecule has 1 aromatic carbocycles. The molecule has 0 saturated carbocycles. The summed E-state index contributed by atoms with van der Waals surface area (Å²) >= 11 is 0. The number of rotatable bonds is 7. The number of amides is 1. The van der Waals surface area contributed by atoms with E-state index in [2.05, 4.69) is 13.8 Å². The Morgan fingerprint density at radius 2 is 1.68 bits per heavy atom. The lowest BCUT2D eigenvalue weighted by atomic mass is 9.93. The lowest BCUT2D eigenvalue weighted by Gasteiger charge is -2.29. The number of nitrogens with zero attached hydrogens (tertiary/aromatic N) is 1. The minimum atomic E-state index is -0.354. The molecule has 1 amide bonds. The first-order chi connectivity index (χ1) is 10.3. The molecule has 22 heavy (non-hydrogen) atoms. The molecule has 0 aliphatic rings. The standard InChI is InChI=1S/C19H27NO2/c1-14(2)13-17(19(22)15(3)4)20(5)18(21)12-11-16-9-7-6-8-10-16/h6-12,14-15,17H,13H2,1-5H3/b12-11+/t17-/m1/s1. The zero-order valence-electron chi connectivity index (χ0n) is 14.2. The highest BCUT2D eigenvalue weighted by Gasteiger charge is 2.28. The van der Waals surface area contributed by atoms with E-state index in [0.717, 1.165) is 5.56 Å². The largest absolute Gasteiger partial charge is 0.332 e. The molecule has 1 rings (SSSR count). The summed E-state index contributed by atoms with van der Waals surface area (Å²) < 4.78 is 0. The van der Waals surface area contributed by atoms with Crippen LogP contribution in [0.15, 0.2) is 36.4 Å². The summed E-state index contributed by atoms with van der Waals surface area (Å²) in [5.74, 6) is 0.277. The maximum absolute atomic E-state index is 12.4. The summed E-state index contributed by atoms with van der Waals surface area (Å²) in [7, 11) is 1.71. The fraction of sp³-hybridized carbons (Fsp3) is 0.474. The molecule has 0 heterocycles. The molecular weight excluding hydrogens is 274 g/mol. The number of carbonyl (C=O) groups excluding carboxylic acids is 2. The van der Waals surface area contributed by atoms with Crippen molar-refractivity contribution in [3.05, 3.63) is 42.0 Å². The number of ketones is 1. The summed E-state index contributed by atoms with van der Waals surface area (Å²) in [6.07, 6.45) is 4.01. The maximum atomic E-state index is 12.4. The van der Waals surface area contributed by atoms with Crippen LogP contribution in [0.5, 0.6) is 0 Å². The molecule has 0 aromatic heterocycles. The number of hydrogen-bond donors (Lipinski definition) is 0. The number of benzene rings is 1. The molecule has 0 spiro atoms. The predicted molar refractivity (Wildman–Crippen MR) is 91.3 cm³/mol. The van der Waals surface area contributed by atoms with Gasteiger partial charge in [0.25, 0.3) is 0 Å². The van der Waals surface area contributed by atoms with Crippen LogP contribution in [-0.4, -0.2) is 29.7 Å². The highest BCUT2D eigenvalue weighted by molar-refractivity contribution is 5.96. The Bertz CT molecular complexity index is 517. The third-order valence-electron chi connectivity index (χ3n) is 3.63. The van der Waals surface area contributed by atoms with E-state index < -0.39 is 0 Å². The Morgan fingerprint density at radius 3 is 2.18 bits per heavy atom. The Balaban J connectivity index is 2.84. The Morgan fingerprint density at radius 1 is 1.09 bits per heavy atom. The molecule has 0 aliphatic carbocycles. The normalized spacial score (nSPS) is 12.9. The molecule has 3 nitrogen and oxygen atoms in total. The molecule has 3 heteroatoms. The number of hydrogen-bond acceptors (Lipinski definition) is 2. The van der Waals surface area contributed by atoms with Crippen molar-refractivity contribution in [2.75, 3.05) is 7.05 Å². The second kappa shape index (κ2) is 8.52. The first-order valence-electron chi connectivity index (χ1n) is 7.86. The maximum Gasteiger partial charge on any atom is 0.246 e. The number of likely N-dealkylation sites (N-methyl/N-ethyl adjacent to an activating group) is 1. The van der Waals surface area contributed by atoms with Crippen LogP contribution in [0.2, 0.25) is 0 Å². The topological polar surface area (TPSA) is 37.4 Å². The zero-order valence-corrected chi connectivity index (χ0v) is 14.2. The van der Waals surface area contributed by atoms with Crippen molar-refractivity contribution in [3.63, 3.8) is 0 Å². The minimum absolute atomic E-state index is 0.0721. The fourth-order valence-electron chi connectivity index (χ4n) is 2.30. The minimum Gasteiger partial charge on any atom is -0.332 e. The molecule has 0 saturated heterocycles. The molecule has 1 aromatic rings. The molecule has 0 radical (unpaired) electrons. The molecule has 0 bridgehead atoms. The van der Waals surface area contributed by atoms with Crippen LogP contribution in [0, 0.1) is 11.8 Å². The van der Waals surface area contributed by atoms with Gasteiger partial charge < -0.3 is 4.90 Å². The van der Waals surface area contributed by atoms with E-state index >= 15 is 0 Å². The van der Waals surface area contributed by atoms with Gasteiger partial charge in [0, 0.05) is 19.0 Å². The van der Waals surface area contributed by atoms with E-state index in [1.165, 1.54) is 6.08 Å². The fourth-order valence-corrected chi connectivity index (χ4v) is 2.30. The van der Waals surface area contributed by atoms with E-state index in [9.17, 15) is 9.59 Å². The van der Waals surface area contributed by atoms with Crippen molar-refractivity contribution >= 4 is 17.8 Å². The number of carbonyl (C=O) groups is 2. The van der Waals surface area contributed by atoms with E-state index in [4.69, 9.17) is 0 Å². The van der Waals surface area contributed by atoms with E-state index in [-0.39, 0.29) is 23.7 Å². The van der Waals surface area contributed by atoms with Crippen LogP contribution in [0.3, 0.4) is 0 Å². The highest BCUT2D eigenvalue weighted by Crippen LogP contribution is 2.16. The molecular formula is C19H27NO2. The van der Waals surface area contributed by atoms with Crippen LogP contribution < -0.4 is 0 Å². The summed E-state index contributed by atoms with van der Waals surface area (Å²) in [4.78, 5) is 26.3. The van der Waals surface area contributed by atoms with Crippen molar-refractivity contribution < 1.29 is 9.59 Å². The van der Waals surface area contributed by atoms with Crippen molar-refractivity contribution in [1.29, 1.82) is 0 Å². The SMILES string of the molecule is CC(C)C[C@H](C(=O)C(C)C)N(C)C(=O)/C=C/c1ccccc1. The Hall–Kier alpha value is -1.90. The summed E-state index contributed by atoms with van der Waals surface area (Å²) in [5.41, 5.74) is 0.972. The van der Waals surface area contributed by atoms with E-state index in [1.54, 1.807) is 18.0 Å². The molecule has 0 fully saturated rings. The van der Waals surface area contributed by atoms with Crippen LogP contribution in [0.25, 0.3) is 6.08 Å². The highest BCUT2D eigenvalue weighted by atomic mass is 16.2. The van der Waals surface area contributed by atoms with E-state index in [1.807, 2.05) is 44.2 Å². The van der Waals surface area contributed by atoms with Gasteiger partial charge in [0.15, 0.2) is 5.78 Å². The van der Waals surface area contributed by atoms with E-state index in [0.29, 0.717) is 12.3 Å². The van der Waals surface area contributed by atoms with Crippen LogP contribution in [0.1, 0.15) is 39.7 Å². The third kappa shape index (κ3) is 5.47. The van der Waals surface area contributed by atoms with Gasteiger partial charge >= 0.3 is 0 Å². The van der Waals surface area contributed by atoms with Gasteiger partial charge in [-0.2, -0.15) is 0 Å². The van der Waals surface area contributed by atoms with Gasteiger partial charge in [-0.25, -0.2) is 0 Å². The van der Waals surface area contributed by atoms with Gasteiger partial charge in [-0.05, 0) is 24.0 Å². The Labute approximate surface area is 134 Å². The lowest BCUT2D eigenvalue weighted by molar-refractivity contribution is -0.136. The van der Waals surface area contributed by atoms with Gasteiger partial charge in [-0.1, -0.05) is 58.0 Å².